The molecule has 0 saturated carbocycles. The van der Waals surface area contributed by atoms with Crippen LogP contribution in [0.2, 0.25) is 0 Å². The van der Waals surface area contributed by atoms with Gasteiger partial charge in [-0.1, -0.05) is 0 Å². The molecule has 0 spiro atoms. The summed E-state index contributed by atoms with van der Waals surface area (Å²) >= 11 is 0. The van der Waals surface area contributed by atoms with Gasteiger partial charge < -0.3 is 0 Å². The first kappa shape index (κ1) is 21.0. The second-order valence-corrected chi connectivity index (χ2v) is 2.98. The van der Waals surface area contributed by atoms with Gasteiger partial charge in [0.2, 0.25) is 0 Å². The maximum Gasteiger partial charge on any atom is 0.457 e. The lowest BCUT2D eigenvalue weighted by atomic mass is 10.2. The van der Waals surface area contributed by atoms with Crippen molar-refractivity contribution >= 4 is 0 Å². The molecule has 12 heteroatoms. The van der Waals surface area contributed by atoms with Gasteiger partial charge in [0.25, 0.3) is 0 Å². The van der Waals surface area contributed by atoms with Crippen molar-refractivity contribution in [3.05, 3.63) is 0 Å². The van der Waals surface area contributed by atoms with Gasteiger partial charge in [-0.25, -0.2) is 4.39 Å². The van der Waals surface area contributed by atoms with Crippen molar-refractivity contribution < 1.29 is 52.7 Å². The Labute approximate surface area is 103 Å². The Kier molecular flexibility index (Phi) is 6.78. The summed E-state index contributed by atoms with van der Waals surface area (Å²) in [5.41, 5.74) is 0. The highest BCUT2D eigenvalue weighted by molar-refractivity contribution is 5.09. The van der Waals surface area contributed by atoms with Gasteiger partial charge in [-0.2, -0.15) is 48.3 Å². The van der Waals surface area contributed by atoms with Gasteiger partial charge in [0.1, 0.15) is 0 Å². The average Bonchev–Trinajstić information content (AvgIpc) is 2.11. The summed E-state index contributed by atoms with van der Waals surface area (Å²) in [4.78, 5) is 0. The smallest absolute Gasteiger partial charge is 0.241 e. The molecule has 0 aromatic rings. The highest BCUT2D eigenvalue weighted by atomic mass is 19.4. The van der Waals surface area contributed by atoms with E-state index in [-0.39, 0.29) is 18.8 Å². The van der Waals surface area contributed by atoms with Crippen LogP contribution >= 0.6 is 0 Å². The number of hydrogen-bond donors (Lipinski definition) is 0. The SMILES string of the molecule is CC(F)C(F)(F)C(F)(F)F.FC(F)(F)C#CC(F)(F)F. The highest BCUT2D eigenvalue weighted by Crippen LogP contribution is 2.39. The summed E-state index contributed by atoms with van der Waals surface area (Å²) in [6.45, 7) is 0.160. The van der Waals surface area contributed by atoms with Crippen LogP contribution < -0.4 is 0 Å². The summed E-state index contributed by atoms with van der Waals surface area (Å²) in [7, 11) is 0. The third-order valence-electron chi connectivity index (χ3n) is 1.22. The van der Waals surface area contributed by atoms with Gasteiger partial charge in [-0.05, 0) is 6.92 Å². The molecule has 0 rings (SSSR count). The Morgan fingerprint density at radius 3 is 0.950 bits per heavy atom. The summed E-state index contributed by atoms with van der Waals surface area (Å²) in [5.74, 6) is -5.06. The van der Waals surface area contributed by atoms with E-state index in [1.807, 2.05) is 0 Å². The van der Waals surface area contributed by atoms with Gasteiger partial charge >= 0.3 is 24.5 Å². The second kappa shape index (κ2) is 6.45. The normalized spacial score (nSPS) is 14.7. The van der Waals surface area contributed by atoms with E-state index in [2.05, 4.69) is 0 Å². The van der Waals surface area contributed by atoms with Crippen LogP contribution in [0.15, 0.2) is 0 Å². The van der Waals surface area contributed by atoms with Gasteiger partial charge in [-0.15, -0.1) is 0 Å². The molecular formula is C8H4F12. The molecule has 0 saturated heterocycles. The first-order valence-corrected chi connectivity index (χ1v) is 4.16. The third-order valence-corrected chi connectivity index (χ3v) is 1.22. The molecule has 0 N–H and O–H groups in total. The number of hydrogen-bond acceptors (Lipinski definition) is 0. The van der Waals surface area contributed by atoms with Crippen LogP contribution in [-0.4, -0.2) is 30.6 Å². The maximum absolute atomic E-state index is 11.6. The minimum Gasteiger partial charge on any atom is -0.241 e. The molecule has 0 heterocycles. The van der Waals surface area contributed by atoms with Crippen molar-refractivity contribution in [3.63, 3.8) is 0 Å². The van der Waals surface area contributed by atoms with Gasteiger partial charge in [0, 0.05) is 11.8 Å². The topological polar surface area (TPSA) is 0 Å². The first-order valence-electron chi connectivity index (χ1n) is 4.16. The maximum atomic E-state index is 11.6. The number of alkyl halides is 12. The molecule has 20 heavy (non-hydrogen) atoms. The minimum atomic E-state index is -5.79. The lowest BCUT2D eigenvalue weighted by molar-refractivity contribution is -0.300. The molecule has 0 nitrogen and oxygen atoms in total. The van der Waals surface area contributed by atoms with Crippen molar-refractivity contribution in [2.75, 3.05) is 0 Å². The first-order chi connectivity index (χ1) is 8.40. The second-order valence-electron chi connectivity index (χ2n) is 2.98. The average molecular weight is 328 g/mol. The lowest BCUT2D eigenvalue weighted by Gasteiger charge is -2.19. The van der Waals surface area contributed by atoms with E-state index in [1.165, 1.54) is 0 Å². The molecule has 1 unspecified atom stereocenters. The van der Waals surface area contributed by atoms with Crippen molar-refractivity contribution in [1.82, 2.24) is 0 Å². The van der Waals surface area contributed by atoms with Crippen LogP contribution in [0.25, 0.3) is 0 Å². The van der Waals surface area contributed by atoms with Crippen molar-refractivity contribution in [2.24, 2.45) is 0 Å². The van der Waals surface area contributed by atoms with Crippen molar-refractivity contribution in [1.29, 1.82) is 0 Å². The summed E-state index contributed by atoms with van der Waals surface area (Å²) < 4.78 is 133. The van der Waals surface area contributed by atoms with Gasteiger partial charge in [0.05, 0.1) is 0 Å². The molecule has 1 atom stereocenters. The molecule has 0 bridgehead atoms. The van der Waals surface area contributed by atoms with Gasteiger partial charge in [-0.3, -0.25) is 0 Å². The van der Waals surface area contributed by atoms with Crippen LogP contribution in [0, 0.1) is 11.8 Å². The highest BCUT2D eigenvalue weighted by Gasteiger charge is 2.61. The van der Waals surface area contributed by atoms with Crippen LogP contribution in [0.1, 0.15) is 6.92 Å². The Morgan fingerprint density at radius 2 is 0.900 bits per heavy atom. The molecule has 0 aromatic carbocycles. The molecular weight excluding hydrogens is 324 g/mol. The zero-order chi connectivity index (χ0) is 17.0. The lowest BCUT2D eigenvalue weighted by Crippen LogP contribution is -2.43. The van der Waals surface area contributed by atoms with E-state index < -0.39 is 30.6 Å². The molecule has 0 aliphatic rings. The third kappa shape index (κ3) is 9.62. The Balaban J connectivity index is 0. The van der Waals surface area contributed by atoms with E-state index >= 15 is 0 Å². The van der Waals surface area contributed by atoms with Crippen molar-refractivity contribution in [3.8, 4) is 11.8 Å². The summed E-state index contributed by atoms with van der Waals surface area (Å²) in [6.07, 6.45) is -19.1. The Hall–Kier alpha value is -1.28. The predicted molar refractivity (Wildman–Crippen MR) is 41.5 cm³/mol. The number of rotatable bonds is 1. The quantitative estimate of drug-likeness (QED) is 0.485. The largest absolute Gasteiger partial charge is 0.457 e. The van der Waals surface area contributed by atoms with E-state index in [0.717, 1.165) is 0 Å². The van der Waals surface area contributed by atoms with Crippen molar-refractivity contribution in [2.45, 2.75) is 37.5 Å². The molecule has 0 radical (unpaired) electrons. The summed E-state index contributed by atoms with van der Waals surface area (Å²) in [5, 5.41) is 0. The monoisotopic (exact) mass is 328 g/mol. The van der Waals surface area contributed by atoms with Crippen LogP contribution in [0.3, 0.4) is 0 Å². The Bertz CT molecular complexity index is 325. The minimum absolute atomic E-state index is 0.0868. The predicted octanol–water partition coefficient (Wildman–Crippen LogP) is 4.66. The van der Waals surface area contributed by atoms with Crippen LogP contribution in [0.4, 0.5) is 52.7 Å². The molecule has 0 aliphatic carbocycles. The molecule has 0 aliphatic heterocycles. The molecule has 0 aromatic heterocycles. The van der Waals surface area contributed by atoms with Gasteiger partial charge in [0.15, 0.2) is 6.17 Å². The van der Waals surface area contributed by atoms with E-state index in [1.54, 1.807) is 0 Å². The fourth-order valence-electron chi connectivity index (χ4n) is 0.367. The molecule has 0 amide bonds. The molecule has 120 valence electrons. The van der Waals surface area contributed by atoms with E-state index in [0.29, 0.717) is 0 Å². The zero-order valence-corrected chi connectivity index (χ0v) is 9.11. The van der Waals surface area contributed by atoms with Crippen LogP contribution in [0.5, 0.6) is 0 Å². The van der Waals surface area contributed by atoms with Crippen LogP contribution in [-0.2, 0) is 0 Å². The standard InChI is InChI=1S/C4H4F6.C4F6/c1-2(5)3(6,7)4(8,9)10;5-3(6,7)1-2-4(8,9)10/h2H,1H3;. The molecule has 0 fully saturated rings. The fraction of sp³-hybridized carbons (Fsp3) is 0.750. The fourth-order valence-corrected chi connectivity index (χ4v) is 0.367. The van der Waals surface area contributed by atoms with E-state index in [4.69, 9.17) is 0 Å². The summed E-state index contributed by atoms with van der Waals surface area (Å²) in [6, 6.07) is 0. The zero-order valence-electron chi connectivity index (χ0n) is 9.11. The van der Waals surface area contributed by atoms with E-state index in [9.17, 15) is 52.7 Å². The number of halogens is 12. The Morgan fingerprint density at radius 1 is 0.650 bits per heavy atom.